The molecule has 2 nitrogen and oxygen atoms in total. The Balaban J connectivity index is 2.67. The van der Waals surface area contributed by atoms with Crippen LogP contribution >= 0.6 is 15.9 Å². The van der Waals surface area contributed by atoms with E-state index in [1.54, 1.807) is 0 Å². The first-order valence-electron chi connectivity index (χ1n) is 5.75. The first kappa shape index (κ1) is 13.4. The standard InChI is InChI=1S/C13H20BrNO/c1-4-10-6-5-7-12(13(10)16)15-8-11(14)9(2)3/h5-7,9,11,15-16H,4,8H2,1-3H3. The Morgan fingerprint density at radius 1 is 1.38 bits per heavy atom. The molecule has 0 aliphatic rings. The lowest BCUT2D eigenvalue weighted by Gasteiger charge is -2.16. The number of benzene rings is 1. The van der Waals surface area contributed by atoms with Crippen LogP contribution in [0.2, 0.25) is 0 Å². The largest absolute Gasteiger partial charge is 0.505 e. The topological polar surface area (TPSA) is 32.3 Å². The molecule has 0 aromatic heterocycles. The van der Waals surface area contributed by atoms with Crippen molar-refractivity contribution >= 4 is 21.6 Å². The number of halogens is 1. The van der Waals surface area contributed by atoms with E-state index in [1.807, 2.05) is 25.1 Å². The molecule has 0 fully saturated rings. The average molecular weight is 286 g/mol. The first-order chi connectivity index (χ1) is 7.56. The minimum Gasteiger partial charge on any atom is -0.505 e. The number of para-hydroxylation sites is 1. The van der Waals surface area contributed by atoms with Crippen LogP contribution in [0.4, 0.5) is 5.69 Å². The molecule has 1 unspecified atom stereocenters. The van der Waals surface area contributed by atoms with Crippen LogP contribution in [0.1, 0.15) is 26.3 Å². The smallest absolute Gasteiger partial charge is 0.141 e. The summed E-state index contributed by atoms with van der Waals surface area (Å²) in [4.78, 5) is 0.414. The van der Waals surface area contributed by atoms with Crippen molar-refractivity contribution in [2.75, 3.05) is 11.9 Å². The van der Waals surface area contributed by atoms with Gasteiger partial charge in [-0.2, -0.15) is 0 Å². The van der Waals surface area contributed by atoms with Crippen LogP contribution in [-0.4, -0.2) is 16.5 Å². The zero-order valence-electron chi connectivity index (χ0n) is 10.1. The van der Waals surface area contributed by atoms with Crippen LogP contribution in [0.25, 0.3) is 0 Å². The number of aromatic hydroxyl groups is 1. The summed E-state index contributed by atoms with van der Waals surface area (Å²) in [5.41, 5.74) is 1.81. The van der Waals surface area contributed by atoms with Crippen LogP contribution in [-0.2, 0) is 6.42 Å². The molecule has 0 saturated heterocycles. The Hall–Kier alpha value is -0.700. The molecule has 1 aromatic carbocycles. The van der Waals surface area contributed by atoms with E-state index in [4.69, 9.17) is 0 Å². The summed E-state index contributed by atoms with van der Waals surface area (Å²) < 4.78 is 0. The summed E-state index contributed by atoms with van der Waals surface area (Å²) in [6, 6.07) is 5.84. The molecule has 2 N–H and O–H groups in total. The van der Waals surface area contributed by atoms with Gasteiger partial charge < -0.3 is 10.4 Å². The molecular formula is C13H20BrNO. The normalized spacial score (nSPS) is 12.8. The maximum absolute atomic E-state index is 9.96. The number of alkyl halides is 1. The zero-order valence-corrected chi connectivity index (χ0v) is 11.7. The highest BCUT2D eigenvalue weighted by Gasteiger charge is 2.10. The maximum atomic E-state index is 9.96. The highest BCUT2D eigenvalue weighted by Crippen LogP contribution is 2.28. The first-order valence-corrected chi connectivity index (χ1v) is 6.66. The van der Waals surface area contributed by atoms with E-state index in [-0.39, 0.29) is 0 Å². The van der Waals surface area contributed by atoms with Gasteiger partial charge in [-0.25, -0.2) is 0 Å². The molecule has 0 aliphatic carbocycles. The molecule has 1 atom stereocenters. The summed E-state index contributed by atoms with van der Waals surface area (Å²) >= 11 is 3.62. The molecule has 0 saturated carbocycles. The van der Waals surface area contributed by atoms with E-state index in [9.17, 15) is 5.11 Å². The van der Waals surface area contributed by atoms with Crippen LogP contribution < -0.4 is 5.32 Å². The highest BCUT2D eigenvalue weighted by atomic mass is 79.9. The lowest BCUT2D eigenvalue weighted by Crippen LogP contribution is -2.19. The van der Waals surface area contributed by atoms with Gasteiger partial charge in [-0.15, -0.1) is 0 Å². The molecule has 90 valence electrons. The second-order valence-electron chi connectivity index (χ2n) is 4.31. The second-order valence-corrected chi connectivity index (χ2v) is 5.48. The van der Waals surface area contributed by atoms with Gasteiger partial charge in [-0.3, -0.25) is 0 Å². The van der Waals surface area contributed by atoms with E-state index in [0.29, 0.717) is 16.5 Å². The second kappa shape index (κ2) is 6.14. The van der Waals surface area contributed by atoms with Crippen molar-refractivity contribution in [1.29, 1.82) is 0 Å². The molecule has 0 heterocycles. The van der Waals surface area contributed by atoms with Crippen molar-refractivity contribution in [2.45, 2.75) is 32.0 Å². The predicted octanol–water partition coefficient (Wildman–Crippen LogP) is 3.79. The number of anilines is 1. The molecule has 1 rings (SSSR count). The molecule has 0 radical (unpaired) electrons. The van der Waals surface area contributed by atoms with Gasteiger partial charge >= 0.3 is 0 Å². The van der Waals surface area contributed by atoms with Crippen molar-refractivity contribution in [3.05, 3.63) is 23.8 Å². The fourth-order valence-electron chi connectivity index (χ4n) is 1.46. The van der Waals surface area contributed by atoms with E-state index in [0.717, 1.165) is 24.2 Å². The van der Waals surface area contributed by atoms with Crippen LogP contribution in [0, 0.1) is 5.92 Å². The average Bonchev–Trinajstić information content (AvgIpc) is 2.27. The lowest BCUT2D eigenvalue weighted by atomic mass is 10.1. The van der Waals surface area contributed by atoms with Crippen LogP contribution in [0.15, 0.2) is 18.2 Å². The Kier molecular flexibility index (Phi) is 5.13. The number of hydrogen-bond donors (Lipinski definition) is 2. The van der Waals surface area contributed by atoms with Crippen molar-refractivity contribution in [1.82, 2.24) is 0 Å². The SMILES string of the molecule is CCc1cccc(NCC(Br)C(C)C)c1O. The molecule has 0 aliphatic heterocycles. The maximum Gasteiger partial charge on any atom is 0.141 e. The predicted molar refractivity (Wildman–Crippen MR) is 73.5 cm³/mol. The van der Waals surface area contributed by atoms with Gasteiger partial charge in [0.25, 0.3) is 0 Å². The van der Waals surface area contributed by atoms with E-state index in [2.05, 4.69) is 35.1 Å². The number of aryl methyl sites for hydroxylation is 1. The number of nitrogens with one attached hydrogen (secondary N) is 1. The van der Waals surface area contributed by atoms with Crippen molar-refractivity contribution < 1.29 is 5.11 Å². The van der Waals surface area contributed by atoms with Gasteiger partial charge in [0, 0.05) is 11.4 Å². The molecular weight excluding hydrogens is 266 g/mol. The fraction of sp³-hybridized carbons (Fsp3) is 0.538. The third-order valence-electron chi connectivity index (χ3n) is 2.71. The Labute approximate surface area is 106 Å². The van der Waals surface area contributed by atoms with Gasteiger partial charge in [0.15, 0.2) is 0 Å². The zero-order chi connectivity index (χ0) is 12.1. The summed E-state index contributed by atoms with van der Waals surface area (Å²) in [6.07, 6.45) is 0.850. The lowest BCUT2D eigenvalue weighted by molar-refractivity contribution is 0.470. The number of rotatable bonds is 5. The third-order valence-corrected chi connectivity index (χ3v) is 4.09. The van der Waals surface area contributed by atoms with E-state index < -0.39 is 0 Å². The van der Waals surface area contributed by atoms with Crippen molar-refractivity contribution in [2.24, 2.45) is 5.92 Å². The third kappa shape index (κ3) is 3.41. The minimum atomic E-state index is 0.383. The van der Waals surface area contributed by atoms with Crippen LogP contribution in [0.5, 0.6) is 5.75 Å². The quantitative estimate of drug-likeness (QED) is 0.637. The number of hydrogen-bond acceptors (Lipinski definition) is 2. The van der Waals surface area contributed by atoms with Crippen LogP contribution in [0.3, 0.4) is 0 Å². The van der Waals surface area contributed by atoms with Gasteiger partial charge in [0.2, 0.25) is 0 Å². The Morgan fingerprint density at radius 3 is 2.62 bits per heavy atom. The highest BCUT2D eigenvalue weighted by molar-refractivity contribution is 9.09. The van der Waals surface area contributed by atoms with Gasteiger partial charge in [0.05, 0.1) is 5.69 Å². The van der Waals surface area contributed by atoms with Gasteiger partial charge in [-0.05, 0) is 24.0 Å². The van der Waals surface area contributed by atoms with E-state index in [1.165, 1.54) is 0 Å². The monoisotopic (exact) mass is 285 g/mol. The summed E-state index contributed by atoms with van der Waals surface area (Å²) in [6.45, 7) is 7.20. The Morgan fingerprint density at radius 2 is 2.06 bits per heavy atom. The molecule has 0 amide bonds. The molecule has 0 spiro atoms. The van der Waals surface area contributed by atoms with Gasteiger partial charge in [-0.1, -0.05) is 48.8 Å². The van der Waals surface area contributed by atoms with E-state index >= 15 is 0 Å². The summed E-state index contributed by atoms with van der Waals surface area (Å²) in [5.74, 6) is 0.956. The molecule has 16 heavy (non-hydrogen) atoms. The molecule has 0 bridgehead atoms. The minimum absolute atomic E-state index is 0.383. The van der Waals surface area contributed by atoms with Gasteiger partial charge in [0.1, 0.15) is 5.75 Å². The summed E-state index contributed by atoms with van der Waals surface area (Å²) in [7, 11) is 0. The molecule has 3 heteroatoms. The summed E-state index contributed by atoms with van der Waals surface area (Å²) in [5, 5.41) is 13.2. The Bertz CT molecular complexity index is 339. The van der Waals surface area contributed by atoms with Crippen molar-refractivity contribution in [3.63, 3.8) is 0 Å². The fourth-order valence-corrected chi connectivity index (χ4v) is 1.62. The molecule has 1 aromatic rings. The number of phenols is 1. The number of phenolic OH excluding ortho intramolecular Hbond substituents is 1. The van der Waals surface area contributed by atoms with Crippen molar-refractivity contribution in [3.8, 4) is 5.75 Å².